The second kappa shape index (κ2) is 8.26. The summed E-state index contributed by atoms with van der Waals surface area (Å²) in [6, 6.07) is 13.6. The molecule has 136 valence electrons. The molecular formula is C16H14ClN3O3S3. The second-order valence-electron chi connectivity index (χ2n) is 5.07. The second-order valence-corrected chi connectivity index (χ2v) is 9.39. The van der Waals surface area contributed by atoms with Crippen LogP contribution in [0.1, 0.15) is 5.56 Å². The molecule has 0 spiro atoms. The molecule has 26 heavy (non-hydrogen) atoms. The van der Waals surface area contributed by atoms with Gasteiger partial charge in [0.2, 0.25) is 5.13 Å². The molecule has 3 aromatic rings. The summed E-state index contributed by atoms with van der Waals surface area (Å²) in [5.41, 5.74) is 1.09. The zero-order chi connectivity index (χ0) is 18.6. The molecule has 0 saturated carbocycles. The van der Waals surface area contributed by atoms with E-state index in [1.807, 2.05) is 24.3 Å². The summed E-state index contributed by atoms with van der Waals surface area (Å²) in [6.07, 6.45) is 0. The number of aromatic nitrogens is 2. The van der Waals surface area contributed by atoms with Crippen molar-refractivity contribution in [2.75, 3.05) is 11.8 Å². The monoisotopic (exact) mass is 427 g/mol. The molecule has 1 heterocycles. The van der Waals surface area contributed by atoms with Crippen molar-refractivity contribution in [3.63, 3.8) is 0 Å². The van der Waals surface area contributed by atoms with E-state index in [1.165, 1.54) is 42.3 Å². The first-order valence-corrected chi connectivity index (χ1v) is 11.0. The average Bonchev–Trinajstić information content (AvgIpc) is 3.08. The number of sulfonamides is 1. The lowest BCUT2D eigenvalue weighted by atomic mass is 10.2. The van der Waals surface area contributed by atoms with Crippen molar-refractivity contribution < 1.29 is 13.2 Å². The Labute approximate surface area is 164 Å². The molecule has 0 amide bonds. The molecule has 6 nitrogen and oxygen atoms in total. The van der Waals surface area contributed by atoms with Gasteiger partial charge in [0.25, 0.3) is 10.0 Å². The highest BCUT2D eigenvalue weighted by molar-refractivity contribution is 8.00. The van der Waals surface area contributed by atoms with Gasteiger partial charge in [0.1, 0.15) is 5.75 Å². The summed E-state index contributed by atoms with van der Waals surface area (Å²) in [4.78, 5) is 0.129. The van der Waals surface area contributed by atoms with Crippen molar-refractivity contribution >= 4 is 49.9 Å². The van der Waals surface area contributed by atoms with E-state index in [1.54, 1.807) is 12.1 Å². The third-order valence-electron chi connectivity index (χ3n) is 3.27. The minimum Gasteiger partial charge on any atom is -0.497 e. The van der Waals surface area contributed by atoms with Crippen LogP contribution >= 0.6 is 34.7 Å². The van der Waals surface area contributed by atoms with Gasteiger partial charge >= 0.3 is 0 Å². The van der Waals surface area contributed by atoms with Gasteiger partial charge in [0, 0.05) is 10.8 Å². The minimum atomic E-state index is -3.72. The lowest BCUT2D eigenvalue weighted by Crippen LogP contribution is -2.12. The third-order valence-corrected chi connectivity index (χ3v) is 7.05. The predicted octanol–water partition coefficient (Wildman–Crippen LogP) is 4.29. The zero-order valence-electron chi connectivity index (χ0n) is 13.5. The van der Waals surface area contributed by atoms with Gasteiger partial charge in [-0.05, 0) is 42.0 Å². The molecule has 0 fully saturated rings. The Morgan fingerprint density at radius 2 is 1.81 bits per heavy atom. The van der Waals surface area contributed by atoms with Crippen molar-refractivity contribution in [1.82, 2.24) is 10.2 Å². The number of hydrogen-bond donors (Lipinski definition) is 1. The first kappa shape index (κ1) is 19.0. The average molecular weight is 428 g/mol. The zero-order valence-corrected chi connectivity index (χ0v) is 16.8. The molecule has 0 aliphatic heterocycles. The normalized spacial score (nSPS) is 11.3. The van der Waals surface area contributed by atoms with Crippen LogP contribution in [0.15, 0.2) is 57.8 Å². The molecular weight excluding hydrogens is 414 g/mol. The predicted molar refractivity (Wildman–Crippen MR) is 105 cm³/mol. The van der Waals surface area contributed by atoms with Crippen LogP contribution in [0.25, 0.3) is 0 Å². The molecule has 0 aliphatic rings. The van der Waals surface area contributed by atoms with Crippen LogP contribution in [0, 0.1) is 0 Å². The van der Waals surface area contributed by atoms with Gasteiger partial charge in [0.05, 0.1) is 12.0 Å². The number of nitrogens with one attached hydrogen (secondary N) is 1. The van der Waals surface area contributed by atoms with Gasteiger partial charge in [-0.15, -0.1) is 10.2 Å². The summed E-state index contributed by atoms with van der Waals surface area (Å²) in [5, 5.41) is 8.82. The maximum Gasteiger partial charge on any atom is 0.263 e. The van der Waals surface area contributed by atoms with E-state index in [4.69, 9.17) is 16.3 Å². The van der Waals surface area contributed by atoms with Crippen molar-refractivity contribution in [2.24, 2.45) is 0 Å². The number of methoxy groups -OCH3 is 1. The van der Waals surface area contributed by atoms with Crippen LogP contribution in [0.4, 0.5) is 5.13 Å². The van der Waals surface area contributed by atoms with Crippen LogP contribution in [0.3, 0.4) is 0 Å². The maximum absolute atomic E-state index is 12.4. The number of rotatable bonds is 7. The van der Waals surface area contributed by atoms with Gasteiger partial charge in [-0.25, -0.2) is 8.42 Å². The van der Waals surface area contributed by atoms with E-state index in [0.717, 1.165) is 5.56 Å². The summed E-state index contributed by atoms with van der Waals surface area (Å²) in [7, 11) is -2.20. The van der Waals surface area contributed by atoms with Gasteiger partial charge < -0.3 is 4.74 Å². The third kappa shape index (κ3) is 4.88. The van der Waals surface area contributed by atoms with E-state index in [0.29, 0.717) is 20.9 Å². The summed E-state index contributed by atoms with van der Waals surface area (Å²) in [5.74, 6) is 1.28. The molecule has 0 aliphatic carbocycles. The van der Waals surface area contributed by atoms with Crippen molar-refractivity contribution in [2.45, 2.75) is 15.0 Å². The molecule has 3 rings (SSSR count). The Bertz CT molecular complexity index is 974. The molecule has 0 bridgehead atoms. The first-order valence-electron chi connectivity index (χ1n) is 7.34. The quantitative estimate of drug-likeness (QED) is 0.566. The highest BCUT2D eigenvalue weighted by Gasteiger charge is 2.17. The number of hydrogen-bond acceptors (Lipinski definition) is 7. The van der Waals surface area contributed by atoms with Crippen molar-refractivity contribution in [3.05, 3.63) is 59.1 Å². The topological polar surface area (TPSA) is 81.2 Å². The summed E-state index contributed by atoms with van der Waals surface area (Å²) >= 11 is 8.52. The number of benzene rings is 2. The number of nitrogens with zero attached hydrogens (tertiary/aromatic N) is 2. The number of thioether (sulfide) groups is 1. The van der Waals surface area contributed by atoms with E-state index < -0.39 is 10.0 Å². The smallest absolute Gasteiger partial charge is 0.263 e. The number of halogens is 1. The number of ether oxygens (including phenoxy) is 1. The van der Waals surface area contributed by atoms with Gasteiger partial charge in [-0.3, -0.25) is 4.72 Å². The van der Waals surface area contributed by atoms with E-state index in [2.05, 4.69) is 14.9 Å². The van der Waals surface area contributed by atoms with E-state index in [-0.39, 0.29) is 10.0 Å². The molecule has 0 radical (unpaired) electrons. The SMILES string of the molecule is COc1ccc(S(=O)(=O)Nc2nnc(SCc3ccc(Cl)cc3)s2)cc1. The van der Waals surface area contributed by atoms with Crippen molar-refractivity contribution in [3.8, 4) is 5.75 Å². The van der Waals surface area contributed by atoms with E-state index >= 15 is 0 Å². The molecule has 0 unspecified atom stereocenters. The fourth-order valence-corrected chi connectivity index (χ4v) is 5.03. The lowest BCUT2D eigenvalue weighted by molar-refractivity contribution is 0.414. The summed E-state index contributed by atoms with van der Waals surface area (Å²) < 4.78 is 32.9. The van der Waals surface area contributed by atoms with Gasteiger partial charge in [0.15, 0.2) is 4.34 Å². The van der Waals surface area contributed by atoms with Gasteiger partial charge in [-0.1, -0.05) is 46.8 Å². The lowest BCUT2D eigenvalue weighted by Gasteiger charge is -2.05. The highest BCUT2D eigenvalue weighted by atomic mass is 35.5. The van der Waals surface area contributed by atoms with Crippen LogP contribution in [0.5, 0.6) is 5.75 Å². The molecule has 0 saturated heterocycles. The van der Waals surface area contributed by atoms with Crippen LogP contribution in [0.2, 0.25) is 5.02 Å². The molecule has 10 heteroatoms. The highest BCUT2D eigenvalue weighted by Crippen LogP contribution is 2.30. The van der Waals surface area contributed by atoms with E-state index in [9.17, 15) is 8.42 Å². The Kier molecular flexibility index (Phi) is 6.02. The maximum atomic E-state index is 12.4. The molecule has 1 aromatic heterocycles. The molecule has 1 N–H and O–H groups in total. The fourth-order valence-electron chi connectivity index (χ4n) is 1.96. The standard InChI is InChI=1S/C16H14ClN3O3S3/c1-23-13-6-8-14(9-7-13)26(21,22)20-15-18-19-16(25-15)24-10-11-2-4-12(17)5-3-11/h2-9H,10H2,1H3,(H,18,20). The van der Waals surface area contributed by atoms with Crippen LogP contribution in [-0.2, 0) is 15.8 Å². The van der Waals surface area contributed by atoms with Crippen LogP contribution in [-0.4, -0.2) is 25.7 Å². The first-order chi connectivity index (χ1) is 12.5. The Morgan fingerprint density at radius 3 is 2.46 bits per heavy atom. The molecule has 0 atom stereocenters. The Balaban J connectivity index is 1.64. The fraction of sp³-hybridized carbons (Fsp3) is 0.125. The largest absolute Gasteiger partial charge is 0.497 e. The Morgan fingerprint density at radius 1 is 1.12 bits per heavy atom. The van der Waals surface area contributed by atoms with Gasteiger partial charge in [-0.2, -0.15) is 0 Å². The molecule has 2 aromatic carbocycles. The summed E-state index contributed by atoms with van der Waals surface area (Å²) in [6.45, 7) is 0. The van der Waals surface area contributed by atoms with Crippen molar-refractivity contribution in [1.29, 1.82) is 0 Å². The minimum absolute atomic E-state index is 0.129. The van der Waals surface area contributed by atoms with Crippen LogP contribution < -0.4 is 9.46 Å². The number of anilines is 1. The Hall–Kier alpha value is -1.81.